The molecule has 18 heavy (non-hydrogen) atoms. The van der Waals surface area contributed by atoms with Crippen LogP contribution < -0.4 is 16.0 Å². The third-order valence-electron chi connectivity index (χ3n) is 3.42. The zero-order valence-corrected chi connectivity index (χ0v) is 12.3. The second kappa shape index (κ2) is 6.02. The van der Waals surface area contributed by atoms with Gasteiger partial charge in [0.25, 0.3) is 0 Å². The van der Waals surface area contributed by atoms with E-state index in [1.165, 1.54) is 11.1 Å². The van der Waals surface area contributed by atoms with Crippen molar-refractivity contribution in [1.82, 2.24) is 5.43 Å². The number of nitrogens with two attached hydrogens (primary N) is 1. The Kier molecular flexibility index (Phi) is 4.61. The van der Waals surface area contributed by atoms with Crippen LogP contribution in [0.5, 0.6) is 5.75 Å². The Morgan fingerprint density at radius 3 is 3.00 bits per heavy atom. The maximum atomic E-state index is 5.71. The summed E-state index contributed by atoms with van der Waals surface area (Å²) in [6.07, 6.45) is 1.81. The van der Waals surface area contributed by atoms with Gasteiger partial charge in [0.05, 0.1) is 18.8 Å². The predicted molar refractivity (Wildman–Crippen MR) is 74.6 cm³/mol. The van der Waals surface area contributed by atoms with E-state index in [1.807, 2.05) is 6.92 Å². The molecule has 0 spiro atoms. The summed E-state index contributed by atoms with van der Waals surface area (Å²) >= 11 is 3.54. The van der Waals surface area contributed by atoms with Crippen LogP contribution in [0.4, 0.5) is 0 Å². The largest absolute Gasteiger partial charge is 0.493 e. The molecular weight excluding hydrogens is 296 g/mol. The molecule has 1 aromatic carbocycles. The normalized spacial score (nSPS) is 17.1. The van der Waals surface area contributed by atoms with Gasteiger partial charge in [-0.15, -0.1) is 0 Å². The minimum Gasteiger partial charge on any atom is -0.493 e. The number of nitrogens with one attached hydrogen (secondary N) is 1. The average Bonchev–Trinajstić information content (AvgIpc) is 2.82. The molecule has 5 heteroatoms. The fourth-order valence-electron chi connectivity index (χ4n) is 2.26. The second-order valence-electron chi connectivity index (χ2n) is 4.57. The number of hydrogen-bond donors (Lipinski definition) is 2. The summed E-state index contributed by atoms with van der Waals surface area (Å²) < 4.78 is 12.1. The summed E-state index contributed by atoms with van der Waals surface area (Å²) in [4.78, 5) is 0. The van der Waals surface area contributed by atoms with E-state index in [1.54, 1.807) is 7.11 Å². The van der Waals surface area contributed by atoms with Crippen molar-refractivity contribution in [2.24, 2.45) is 5.84 Å². The van der Waals surface area contributed by atoms with Gasteiger partial charge in [-0.05, 0) is 36.6 Å². The lowest BCUT2D eigenvalue weighted by Crippen LogP contribution is -2.45. The van der Waals surface area contributed by atoms with Gasteiger partial charge < -0.3 is 9.47 Å². The van der Waals surface area contributed by atoms with Gasteiger partial charge in [-0.3, -0.25) is 11.3 Å². The van der Waals surface area contributed by atoms with Crippen LogP contribution in [0.25, 0.3) is 0 Å². The predicted octanol–water partition coefficient (Wildman–Crippen LogP) is 1.79. The summed E-state index contributed by atoms with van der Waals surface area (Å²) in [7, 11) is 1.69. The Hall–Kier alpha value is -0.620. The van der Waals surface area contributed by atoms with Crippen LogP contribution in [0, 0.1) is 0 Å². The summed E-state index contributed by atoms with van der Waals surface area (Å²) in [5, 5.41) is 0. The van der Waals surface area contributed by atoms with E-state index in [9.17, 15) is 0 Å². The highest BCUT2D eigenvalue weighted by Crippen LogP contribution is 2.33. The highest BCUT2D eigenvalue weighted by molar-refractivity contribution is 9.10. The Morgan fingerprint density at radius 2 is 2.33 bits per heavy atom. The van der Waals surface area contributed by atoms with Crippen molar-refractivity contribution in [3.8, 4) is 5.75 Å². The van der Waals surface area contributed by atoms with E-state index in [2.05, 4.69) is 33.5 Å². The molecule has 2 atom stereocenters. The summed E-state index contributed by atoms with van der Waals surface area (Å²) in [5.74, 6) is 6.61. The molecule has 0 bridgehead atoms. The fraction of sp³-hybridized carbons (Fsp3) is 0.538. The third-order valence-corrected chi connectivity index (χ3v) is 3.88. The van der Waals surface area contributed by atoms with E-state index in [0.717, 1.165) is 29.7 Å². The van der Waals surface area contributed by atoms with E-state index in [4.69, 9.17) is 15.3 Å². The molecule has 1 heterocycles. The molecule has 0 aromatic heterocycles. The van der Waals surface area contributed by atoms with Crippen LogP contribution >= 0.6 is 15.9 Å². The number of benzene rings is 1. The quantitative estimate of drug-likeness (QED) is 0.642. The highest BCUT2D eigenvalue weighted by atomic mass is 79.9. The molecule has 2 rings (SSSR count). The fourth-order valence-corrected chi connectivity index (χ4v) is 2.81. The smallest absolute Gasteiger partial charge is 0.125 e. The SMILES string of the molecule is COC(C)C(Cc1cc(Br)cc2c1OCC2)NN. The lowest BCUT2D eigenvalue weighted by molar-refractivity contribution is 0.0829. The first-order valence-corrected chi connectivity index (χ1v) is 6.88. The van der Waals surface area contributed by atoms with Gasteiger partial charge in [-0.2, -0.15) is 0 Å². The zero-order valence-electron chi connectivity index (χ0n) is 10.7. The lowest BCUT2D eigenvalue weighted by atomic mass is 9.99. The number of methoxy groups -OCH3 is 1. The number of ether oxygens (including phenoxy) is 2. The molecule has 3 N–H and O–H groups in total. The molecule has 0 fully saturated rings. The molecule has 0 saturated heterocycles. The van der Waals surface area contributed by atoms with Crippen molar-refractivity contribution in [2.75, 3.05) is 13.7 Å². The Labute approximate surface area is 116 Å². The van der Waals surface area contributed by atoms with Crippen molar-refractivity contribution in [3.63, 3.8) is 0 Å². The van der Waals surface area contributed by atoms with Crippen LogP contribution in [0.2, 0.25) is 0 Å². The first-order chi connectivity index (χ1) is 8.65. The summed E-state index contributed by atoms with van der Waals surface area (Å²) in [6.45, 7) is 2.77. The van der Waals surface area contributed by atoms with Crippen LogP contribution in [-0.2, 0) is 17.6 Å². The second-order valence-corrected chi connectivity index (χ2v) is 5.49. The van der Waals surface area contributed by atoms with E-state index in [0.29, 0.717) is 0 Å². The molecular formula is C13H19BrN2O2. The third kappa shape index (κ3) is 2.85. The van der Waals surface area contributed by atoms with Crippen LogP contribution in [0.3, 0.4) is 0 Å². The minimum absolute atomic E-state index is 0.0473. The van der Waals surface area contributed by atoms with Gasteiger partial charge in [0, 0.05) is 18.0 Å². The molecule has 4 nitrogen and oxygen atoms in total. The average molecular weight is 315 g/mol. The topological polar surface area (TPSA) is 56.5 Å². The summed E-state index contributed by atoms with van der Waals surface area (Å²) in [5.41, 5.74) is 5.25. The molecule has 0 radical (unpaired) electrons. The Balaban J connectivity index is 2.23. The van der Waals surface area contributed by atoms with E-state index >= 15 is 0 Å². The highest BCUT2D eigenvalue weighted by Gasteiger charge is 2.22. The van der Waals surface area contributed by atoms with Crippen molar-refractivity contribution in [1.29, 1.82) is 0 Å². The van der Waals surface area contributed by atoms with Gasteiger partial charge in [-0.25, -0.2) is 0 Å². The monoisotopic (exact) mass is 314 g/mol. The Bertz CT molecular complexity index is 426. The first-order valence-electron chi connectivity index (χ1n) is 6.08. The van der Waals surface area contributed by atoms with Gasteiger partial charge in [0.2, 0.25) is 0 Å². The maximum Gasteiger partial charge on any atom is 0.125 e. The molecule has 1 aliphatic rings. The van der Waals surface area contributed by atoms with Crippen molar-refractivity contribution < 1.29 is 9.47 Å². The first kappa shape index (κ1) is 13.8. The van der Waals surface area contributed by atoms with Crippen LogP contribution in [0.1, 0.15) is 18.1 Å². The van der Waals surface area contributed by atoms with Crippen LogP contribution in [0.15, 0.2) is 16.6 Å². The van der Waals surface area contributed by atoms with Gasteiger partial charge in [-0.1, -0.05) is 15.9 Å². The summed E-state index contributed by atoms with van der Waals surface area (Å²) in [6, 6.07) is 4.28. The Morgan fingerprint density at radius 1 is 1.56 bits per heavy atom. The molecule has 100 valence electrons. The molecule has 1 aliphatic heterocycles. The van der Waals surface area contributed by atoms with Gasteiger partial charge in [0.15, 0.2) is 0 Å². The van der Waals surface area contributed by atoms with Crippen molar-refractivity contribution in [2.45, 2.75) is 31.9 Å². The van der Waals surface area contributed by atoms with Crippen LogP contribution in [-0.4, -0.2) is 25.9 Å². The molecule has 0 amide bonds. The molecule has 2 unspecified atom stereocenters. The van der Waals surface area contributed by atoms with Crippen molar-refractivity contribution in [3.05, 3.63) is 27.7 Å². The standard InChI is InChI=1S/C13H19BrN2O2/c1-8(17-2)12(16-15)7-10-6-11(14)5-9-3-4-18-13(9)10/h5-6,8,12,16H,3-4,7,15H2,1-2H3. The van der Waals surface area contributed by atoms with E-state index in [-0.39, 0.29) is 12.1 Å². The number of rotatable bonds is 5. The maximum absolute atomic E-state index is 5.71. The minimum atomic E-state index is 0.0473. The zero-order chi connectivity index (χ0) is 13.1. The van der Waals surface area contributed by atoms with Gasteiger partial charge >= 0.3 is 0 Å². The molecule has 1 aromatic rings. The number of halogens is 1. The van der Waals surface area contributed by atoms with Gasteiger partial charge in [0.1, 0.15) is 5.75 Å². The number of hydrogen-bond acceptors (Lipinski definition) is 4. The number of fused-ring (bicyclic) bond motifs is 1. The van der Waals surface area contributed by atoms with E-state index < -0.39 is 0 Å². The lowest BCUT2D eigenvalue weighted by Gasteiger charge is -2.23. The molecule has 0 aliphatic carbocycles. The molecule has 0 saturated carbocycles. The van der Waals surface area contributed by atoms with Crippen molar-refractivity contribution >= 4 is 15.9 Å². The number of hydrazine groups is 1.